The Hall–Kier alpha value is -3.15. The van der Waals surface area contributed by atoms with Gasteiger partial charge in [0.15, 0.2) is 5.15 Å². The maximum Gasteiger partial charge on any atom is 0.417 e. The van der Waals surface area contributed by atoms with Crippen LogP contribution in [0.5, 0.6) is 0 Å². The second kappa shape index (κ2) is 10.6. The maximum atomic E-state index is 12.9. The zero-order chi connectivity index (χ0) is 25.8. The summed E-state index contributed by atoms with van der Waals surface area (Å²) in [5.41, 5.74) is -0.0487. The summed E-state index contributed by atoms with van der Waals surface area (Å²) in [5.74, 6) is -0.582. The van der Waals surface area contributed by atoms with Crippen molar-refractivity contribution in [2.24, 2.45) is 0 Å². The molecule has 0 aliphatic carbocycles. The van der Waals surface area contributed by atoms with Crippen LogP contribution in [0.3, 0.4) is 0 Å². The molecule has 0 fully saturated rings. The molecule has 0 aliphatic heterocycles. The van der Waals surface area contributed by atoms with Crippen molar-refractivity contribution < 1.29 is 26.4 Å². The number of aryl methyl sites for hydroxylation is 1. The van der Waals surface area contributed by atoms with Crippen LogP contribution in [0.2, 0.25) is 10.2 Å². The number of hydrogen-bond donors (Lipinski definition) is 1. The molecule has 7 nitrogen and oxygen atoms in total. The number of pyridine rings is 1. The first-order valence-electron chi connectivity index (χ1n) is 9.78. The highest BCUT2D eigenvalue weighted by atomic mass is 35.5. The molecule has 0 unspecified atom stereocenters. The summed E-state index contributed by atoms with van der Waals surface area (Å²) >= 11 is 12.1. The van der Waals surface area contributed by atoms with Crippen molar-refractivity contribution in [3.8, 4) is 0 Å². The zero-order valence-corrected chi connectivity index (χ0v) is 20.3. The summed E-state index contributed by atoms with van der Waals surface area (Å²) in [6.45, 7) is 1.49. The van der Waals surface area contributed by atoms with Crippen molar-refractivity contribution in [3.05, 3.63) is 92.6 Å². The lowest BCUT2D eigenvalue weighted by Crippen LogP contribution is -2.26. The summed E-state index contributed by atoms with van der Waals surface area (Å²) in [6, 6.07) is 9.38. The van der Waals surface area contributed by atoms with Crippen molar-refractivity contribution in [2.45, 2.75) is 19.6 Å². The fourth-order valence-corrected chi connectivity index (χ4v) is 4.15. The number of imidazole rings is 1. The van der Waals surface area contributed by atoms with Crippen LogP contribution < -0.4 is 4.72 Å². The minimum atomic E-state index is -4.60. The lowest BCUT2D eigenvalue weighted by atomic mass is 10.2. The summed E-state index contributed by atoms with van der Waals surface area (Å²) < 4.78 is 66.2. The molecule has 184 valence electrons. The molecule has 0 saturated carbocycles. The van der Waals surface area contributed by atoms with E-state index >= 15 is 0 Å². The van der Waals surface area contributed by atoms with Gasteiger partial charge in [-0.2, -0.15) is 13.2 Å². The van der Waals surface area contributed by atoms with Crippen LogP contribution >= 0.6 is 23.2 Å². The highest BCUT2D eigenvalue weighted by molar-refractivity contribution is 7.93. The van der Waals surface area contributed by atoms with Gasteiger partial charge in [0, 0.05) is 12.3 Å². The topological polar surface area (TPSA) is 94.0 Å². The number of halogens is 5. The summed E-state index contributed by atoms with van der Waals surface area (Å²) in [6.07, 6.45) is -0.441. The zero-order valence-electron chi connectivity index (χ0n) is 17.9. The van der Waals surface area contributed by atoms with Gasteiger partial charge < -0.3 is 4.57 Å². The lowest BCUT2D eigenvalue weighted by molar-refractivity contribution is -0.137. The molecule has 2 heterocycles. The van der Waals surface area contributed by atoms with Crippen LogP contribution in [0.4, 0.5) is 13.2 Å². The van der Waals surface area contributed by atoms with E-state index in [1.807, 2.05) is 4.72 Å². The van der Waals surface area contributed by atoms with E-state index in [1.54, 1.807) is 37.3 Å². The Kier molecular flexibility index (Phi) is 8.04. The second-order valence-corrected chi connectivity index (χ2v) is 9.46. The van der Waals surface area contributed by atoms with E-state index in [2.05, 4.69) is 9.97 Å². The number of carbonyl (C=O) groups is 1. The predicted octanol–water partition coefficient (Wildman–Crippen LogP) is 5.09. The largest absolute Gasteiger partial charge is 0.417 e. The Bertz CT molecular complexity index is 1400. The number of aromatic nitrogens is 3. The number of amides is 1. The first-order valence-corrected chi connectivity index (χ1v) is 12.1. The maximum absolute atomic E-state index is 12.9. The van der Waals surface area contributed by atoms with Crippen LogP contribution in [0.1, 0.15) is 28.3 Å². The number of alkyl halides is 3. The van der Waals surface area contributed by atoms with E-state index in [9.17, 15) is 26.4 Å². The minimum Gasteiger partial charge on any atom is -0.321 e. The Morgan fingerprint density at radius 1 is 1.17 bits per heavy atom. The number of carbonyl (C=O) groups excluding carboxylic acids is 1. The van der Waals surface area contributed by atoms with E-state index in [-0.39, 0.29) is 28.1 Å². The van der Waals surface area contributed by atoms with E-state index in [4.69, 9.17) is 23.2 Å². The van der Waals surface area contributed by atoms with Gasteiger partial charge in [-0.15, -0.1) is 0 Å². The third kappa shape index (κ3) is 7.17. The average Bonchev–Trinajstić information content (AvgIpc) is 3.04. The van der Waals surface area contributed by atoms with Gasteiger partial charge >= 0.3 is 6.18 Å². The molecule has 35 heavy (non-hydrogen) atoms. The van der Waals surface area contributed by atoms with E-state index < -0.39 is 27.7 Å². The standard InChI is InChI=1S/C22H17Cl2F3N4O3S/c1-14-29-21(24)19(31(14)13-18-17(23)11-16(12-28-18)22(25,26)27)7-8-20(32)30-35(33,34)10-9-15-5-3-2-4-6-15/h2-12H,13H2,1H3,(H,30,32). The smallest absolute Gasteiger partial charge is 0.321 e. The summed E-state index contributed by atoms with van der Waals surface area (Å²) in [5, 5.41) is 0.628. The molecule has 1 N–H and O–H groups in total. The van der Waals surface area contributed by atoms with Crippen LogP contribution in [0.15, 0.2) is 54.1 Å². The molecule has 0 atom stereocenters. The van der Waals surface area contributed by atoms with E-state index in [0.717, 1.165) is 17.6 Å². The third-order valence-electron chi connectivity index (χ3n) is 4.58. The van der Waals surface area contributed by atoms with Crippen LogP contribution in [-0.2, 0) is 27.5 Å². The first-order chi connectivity index (χ1) is 16.4. The Morgan fingerprint density at radius 2 is 1.86 bits per heavy atom. The number of sulfonamides is 1. The Labute approximate surface area is 209 Å². The monoisotopic (exact) mass is 544 g/mol. The number of nitrogens with one attached hydrogen (secondary N) is 1. The Morgan fingerprint density at radius 3 is 2.49 bits per heavy atom. The van der Waals surface area contributed by atoms with Crippen molar-refractivity contribution in [2.75, 3.05) is 0 Å². The number of rotatable bonds is 7. The molecule has 0 radical (unpaired) electrons. The molecule has 1 amide bonds. The molecule has 1 aromatic carbocycles. The van der Waals surface area contributed by atoms with Crippen molar-refractivity contribution in [3.63, 3.8) is 0 Å². The van der Waals surface area contributed by atoms with Crippen molar-refractivity contribution in [1.29, 1.82) is 0 Å². The third-order valence-corrected chi connectivity index (χ3v) is 6.17. The molecule has 3 rings (SSSR count). The van der Waals surface area contributed by atoms with Crippen LogP contribution in [0.25, 0.3) is 12.2 Å². The summed E-state index contributed by atoms with van der Waals surface area (Å²) in [7, 11) is -4.07. The lowest BCUT2D eigenvalue weighted by Gasteiger charge is -2.11. The first kappa shape index (κ1) is 26.5. The average molecular weight is 545 g/mol. The molecule has 0 spiro atoms. The molecular weight excluding hydrogens is 528 g/mol. The second-order valence-electron chi connectivity index (χ2n) is 7.13. The van der Waals surface area contributed by atoms with Gasteiger partial charge in [-0.25, -0.2) is 18.1 Å². The minimum absolute atomic E-state index is 0.0126. The molecule has 0 aliphatic rings. The van der Waals surface area contributed by atoms with Gasteiger partial charge in [-0.3, -0.25) is 9.78 Å². The van der Waals surface area contributed by atoms with Crippen LogP contribution in [-0.4, -0.2) is 28.9 Å². The Balaban J connectivity index is 1.77. The van der Waals surface area contributed by atoms with E-state index in [0.29, 0.717) is 17.6 Å². The van der Waals surface area contributed by atoms with Gasteiger partial charge in [0.1, 0.15) is 5.82 Å². The fourth-order valence-electron chi connectivity index (χ4n) is 2.89. The van der Waals surface area contributed by atoms with Gasteiger partial charge in [-0.05, 0) is 30.7 Å². The predicted molar refractivity (Wildman–Crippen MR) is 127 cm³/mol. The van der Waals surface area contributed by atoms with Crippen LogP contribution in [0, 0.1) is 6.92 Å². The molecule has 3 aromatic rings. The number of nitrogens with zero attached hydrogens (tertiary/aromatic N) is 3. The van der Waals surface area contributed by atoms with Gasteiger partial charge in [0.05, 0.1) is 33.9 Å². The molecule has 2 aromatic heterocycles. The summed E-state index contributed by atoms with van der Waals surface area (Å²) in [4.78, 5) is 20.1. The van der Waals surface area contributed by atoms with Gasteiger partial charge in [0.25, 0.3) is 15.9 Å². The number of benzene rings is 1. The van der Waals surface area contributed by atoms with Gasteiger partial charge in [0.2, 0.25) is 0 Å². The normalized spacial score (nSPS) is 12.5. The van der Waals surface area contributed by atoms with Crippen molar-refractivity contribution >= 4 is 51.3 Å². The SMILES string of the molecule is Cc1nc(Cl)c(C=CC(=O)NS(=O)(=O)C=Cc2ccccc2)n1Cc1ncc(C(F)(F)F)cc1Cl. The molecule has 0 bridgehead atoms. The highest BCUT2D eigenvalue weighted by Crippen LogP contribution is 2.31. The quantitative estimate of drug-likeness (QED) is 0.418. The molecule has 13 heteroatoms. The van der Waals surface area contributed by atoms with Gasteiger partial charge in [-0.1, -0.05) is 53.5 Å². The fraction of sp³-hybridized carbons (Fsp3) is 0.136. The number of hydrogen-bond acceptors (Lipinski definition) is 5. The van der Waals surface area contributed by atoms with E-state index in [1.165, 1.54) is 16.7 Å². The highest BCUT2D eigenvalue weighted by Gasteiger charge is 2.31. The van der Waals surface area contributed by atoms with Crippen molar-refractivity contribution in [1.82, 2.24) is 19.3 Å². The molecular formula is C22H17Cl2F3N4O3S. The molecule has 0 saturated heterocycles.